The van der Waals surface area contributed by atoms with E-state index in [1.165, 1.54) is 290 Å². The average Bonchev–Trinajstić information content (AvgIpc) is 1.59. The van der Waals surface area contributed by atoms with E-state index in [0.717, 1.165) is 0 Å². The molecule has 0 atom stereocenters. The maximum absolute atomic E-state index is 2.74. The van der Waals surface area contributed by atoms with Crippen molar-refractivity contribution >= 4 is 43.6 Å². The van der Waals surface area contributed by atoms with Crippen LogP contribution in [0.4, 0.5) is 0 Å². The zero-order valence-corrected chi connectivity index (χ0v) is 58.5. The molecule has 0 bridgehead atoms. The van der Waals surface area contributed by atoms with Crippen LogP contribution >= 0.6 is 0 Å². The molecule has 0 saturated carbocycles. The molecule has 2 nitrogen and oxygen atoms in total. The molecule has 2 aliphatic carbocycles. The van der Waals surface area contributed by atoms with E-state index in [1.54, 1.807) is 22.3 Å². The van der Waals surface area contributed by atoms with Crippen LogP contribution in [0.25, 0.3) is 111 Å². The van der Waals surface area contributed by atoms with E-state index in [9.17, 15) is 0 Å². The lowest BCUT2D eigenvalue weighted by molar-refractivity contribution is 0.397. The molecule has 2 aromatic heterocycles. The summed E-state index contributed by atoms with van der Waals surface area (Å²) in [6, 6.07) is 85.5. The van der Waals surface area contributed by atoms with E-state index in [-0.39, 0.29) is 10.8 Å². The van der Waals surface area contributed by atoms with Gasteiger partial charge in [-0.3, -0.25) is 0 Å². The fourth-order valence-electron chi connectivity index (χ4n) is 17.9. The van der Waals surface area contributed by atoms with Gasteiger partial charge in [-0.15, -0.1) is 0 Å². The molecule has 10 aromatic carbocycles. The Labute approximate surface area is 575 Å². The summed E-state index contributed by atoms with van der Waals surface area (Å²) in [7, 11) is 0. The molecule has 490 valence electrons. The van der Waals surface area contributed by atoms with E-state index < -0.39 is 0 Å². The second-order valence-corrected chi connectivity index (χ2v) is 29.1. The Morgan fingerprint density at radius 2 is 0.469 bits per heavy atom. The van der Waals surface area contributed by atoms with Crippen LogP contribution in [0, 0.1) is 0 Å². The van der Waals surface area contributed by atoms with Crippen LogP contribution in [0.1, 0.15) is 230 Å². The Kier molecular flexibility index (Phi) is 20.4. The first-order valence-corrected chi connectivity index (χ1v) is 38.2. The lowest BCUT2D eigenvalue weighted by Gasteiger charge is -2.34. The monoisotopic (exact) mass is 1260 g/mol. The van der Waals surface area contributed by atoms with Crippen molar-refractivity contribution in [2.75, 3.05) is 0 Å². The first kappa shape index (κ1) is 65.1. The van der Waals surface area contributed by atoms with Gasteiger partial charge in [0, 0.05) is 43.7 Å². The molecular weight excluding hydrogens is 1160 g/mol. The van der Waals surface area contributed by atoms with Crippen LogP contribution in [0.15, 0.2) is 218 Å². The minimum atomic E-state index is -0.0816. The number of aromatic nitrogens is 2. The number of hydrogen-bond donors (Lipinski definition) is 0. The van der Waals surface area contributed by atoms with Gasteiger partial charge in [0.1, 0.15) is 0 Å². The van der Waals surface area contributed by atoms with E-state index in [0.29, 0.717) is 0 Å². The first-order valence-electron chi connectivity index (χ1n) is 38.2. The van der Waals surface area contributed by atoms with Gasteiger partial charge in [-0.1, -0.05) is 315 Å². The van der Waals surface area contributed by atoms with Crippen LogP contribution in [0.5, 0.6) is 0 Å². The molecule has 0 N–H and O–H groups in total. The molecule has 0 unspecified atom stereocenters. The minimum absolute atomic E-state index is 0.0816. The van der Waals surface area contributed by atoms with E-state index in [4.69, 9.17) is 0 Å². The van der Waals surface area contributed by atoms with Gasteiger partial charge >= 0.3 is 0 Å². The van der Waals surface area contributed by atoms with Gasteiger partial charge in [0.2, 0.25) is 0 Å². The third kappa shape index (κ3) is 12.8. The van der Waals surface area contributed by atoms with Gasteiger partial charge in [0.05, 0.1) is 22.1 Å². The van der Waals surface area contributed by atoms with Crippen LogP contribution in [-0.2, 0) is 10.8 Å². The van der Waals surface area contributed by atoms with E-state index in [2.05, 4.69) is 255 Å². The minimum Gasteiger partial charge on any atom is -0.309 e. The van der Waals surface area contributed by atoms with Crippen molar-refractivity contribution in [2.45, 2.75) is 218 Å². The molecule has 0 aliphatic heterocycles. The van der Waals surface area contributed by atoms with Crippen LogP contribution < -0.4 is 0 Å². The van der Waals surface area contributed by atoms with Crippen LogP contribution in [0.2, 0.25) is 0 Å². The number of hydrogen-bond acceptors (Lipinski definition) is 0. The maximum atomic E-state index is 2.74. The van der Waals surface area contributed by atoms with Crippen LogP contribution in [0.3, 0.4) is 0 Å². The Balaban J connectivity index is 0.882. The molecule has 14 rings (SSSR count). The fraction of sp³-hybridized carbons (Fsp3) is 0.362. The summed E-state index contributed by atoms with van der Waals surface area (Å²) >= 11 is 0. The summed E-state index contributed by atoms with van der Waals surface area (Å²) in [5.74, 6) is 0. The highest BCUT2D eigenvalue weighted by molar-refractivity contribution is 6.12. The van der Waals surface area contributed by atoms with Crippen molar-refractivity contribution in [3.63, 3.8) is 0 Å². The summed E-state index contributed by atoms with van der Waals surface area (Å²) in [5, 5.41) is 5.24. The number of nitrogens with zero attached hydrogens (tertiary/aromatic N) is 2. The normalized spacial score (nSPS) is 13.5. The van der Waals surface area contributed by atoms with Gasteiger partial charge in [-0.05, 0) is 189 Å². The van der Waals surface area contributed by atoms with Gasteiger partial charge in [0.15, 0.2) is 0 Å². The van der Waals surface area contributed by atoms with Crippen LogP contribution in [-0.4, -0.2) is 9.13 Å². The van der Waals surface area contributed by atoms with Gasteiger partial charge in [-0.25, -0.2) is 0 Å². The van der Waals surface area contributed by atoms with Gasteiger partial charge in [0.25, 0.3) is 0 Å². The summed E-state index contributed by atoms with van der Waals surface area (Å²) in [5.41, 5.74) is 27.4. The van der Waals surface area contributed by atoms with Crippen molar-refractivity contribution in [2.24, 2.45) is 0 Å². The number of para-hydroxylation sites is 4. The Morgan fingerprint density at radius 3 is 0.781 bits per heavy atom. The van der Waals surface area contributed by atoms with Crippen molar-refractivity contribution in [1.82, 2.24) is 9.13 Å². The molecule has 0 amide bonds. The lowest BCUT2D eigenvalue weighted by Crippen LogP contribution is -2.26. The predicted molar refractivity (Wildman–Crippen MR) is 416 cm³/mol. The molecule has 96 heavy (non-hydrogen) atoms. The van der Waals surface area contributed by atoms with Gasteiger partial charge < -0.3 is 9.13 Å². The van der Waals surface area contributed by atoms with Crippen molar-refractivity contribution < 1.29 is 0 Å². The van der Waals surface area contributed by atoms with E-state index >= 15 is 0 Å². The molecule has 2 heterocycles. The molecule has 2 heteroatoms. The van der Waals surface area contributed by atoms with E-state index in [1.807, 2.05) is 0 Å². The molecular formula is C94H104N2. The highest BCUT2D eigenvalue weighted by Gasteiger charge is 2.45. The van der Waals surface area contributed by atoms with Crippen molar-refractivity contribution in [3.8, 4) is 67.0 Å². The highest BCUT2D eigenvalue weighted by atomic mass is 15.0. The first-order chi connectivity index (χ1) is 47.5. The Morgan fingerprint density at radius 1 is 0.219 bits per heavy atom. The smallest absolute Gasteiger partial charge is 0.0541 e. The number of unbranched alkanes of at least 4 members (excludes halogenated alkanes) is 20. The molecule has 0 fully saturated rings. The summed E-state index contributed by atoms with van der Waals surface area (Å²) in [4.78, 5) is 0. The number of rotatable bonds is 33. The van der Waals surface area contributed by atoms with Gasteiger partial charge in [-0.2, -0.15) is 0 Å². The SMILES string of the molecule is CCCCCCCCC1(CCCCCCCC)c2cc(-c3ccc4c(c3)C(CCCCCCCC)(CCCCCCCC)c3cc(-c5ccc6c(c5)c5ccccc5n6-c5ccccc5)ccc3-4)ccc2-c2ccc(-c3ccc4c(c3)c3ccccc3n4-c3ccccc3)cc21. The summed E-state index contributed by atoms with van der Waals surface area (Å²) < 4.78 is 4.90. The maximum Gasteiger partial charge on any atom is 0.0541 e. The number of benzene rings is 10. The number of fused-ring (bicyclic) bond motifs is 12. The standard InChI is InChI=1S/C94H104N2/c1-5-9-13-17-21-35-59-93(60-36-22-18-14-10-6-2)85-65-71(69-51-57-91-83(63-69)81-43-31-33-45-89(81)95(91)75-39-27-25-28-40-75)47-53-77(85)79-55-49-73(67-87(79)93)74-50-56-80-78-54-48-72(70-52-58-92-84(64-70)82-44-32-34-46-90(82)96(92)76-41-29-26-30-42-76)66-86(78)94(88(80)68-74,61-37-23-19-15-11-7-3)62-38-24-20-16-12-8-4/h25-34,39-58,63-68H,5-24,35-38,59-62H2,1-4H3. The topological polar surface area (TPSA) is 9.86 Å². The third-order valence-corrected chi connectivity index (χ3v) is 22.9. The Hall–Kier alpha value is -8.20. The second kappa shape index (κ2) is 30.1. The average molecular weight is 1260 g/mol. The molecule has 0 spiro atoms. The predicted octanol–water partition coefficient (Wildman–Crippen LogP) is 28.4. The molecule has 0 radical (unpaired) electrons. The Bertz CT molecular complexity index is 4280. The second-order valence-electron chi connectivity index (χ2n) is 29.1. The van der Waals surface area contributed by atoms with Crippen molar-refractivity contribution in [3.05, 3.63) is 241 Å². The molecule has 12 aromatic rings. The quantitative estimate of drug-likeness (QED) is 0.0363. The summed E-state index contributed by atoms with van der Waals surface area (Å²) in [6.45, 7) is 9.41. The zero-order chi connectivity index (χ0) is 65.3. The third-order valence-electron chi connectivity index (χ3n) is 22.9. The van der Waals surface area contributed by atoms with Crippen molar-refractivity contribution in [1.29, 1.82) is 0 Å². The largest absolute Gasteiger partial charge is 0.309 e. The summed E-state index contributed by atoms with van der Waals surface area (Å²) in [6.07, 6.45) is 36.0. The molecule has 0 saturated heterocycles. The zero-order valence-electron chi connectivity index (χ0n) is 58.5. The highest BCUT2D eigenvalue weighted by Crippen LogP contribution is 2.59. The fourth-order valence-corrected chi connectivity index (χ4v) is 17.9. The lowest BCUT2D eigenvalue weighted by atomic mass is 9.69. The molecule has 2 aliphatic rings.